The molecule has 0 amide bonds. The third-order valence-electron chi connectivity index (χ3n) is 4.26. The van der Waals surface area contributed by atoms with E-state index >= 15 is 0 Å². The highest BCUT2D eigenvalue weighted by Crippen LogP contribution is 2.43. The average molecular weight is 289 g/mol. The molecule has 96 valence electrons. The van der Waals surface area contributed by atoms with Crippen molar-refractivity contribution in [3.63, 3.8) is 0 Å². The lowest BCUT2D eigenvalue weighted by molar-refractivity contribution is 0.304. The van der Waals surface area contributed by atoms with Gasteiger partial charge in [-0.15, -0.1) is 0 Å². The first-order chi connectivity index (χ1) is 7.83. The van der Waals surface area contributed by atoms with Crippen molar-refractivity contribution in [3.8, 4) is 0 Å². The Morgan fingerprint density at radius 2 is 1.44 bits per heavy atom. The van der Waals surface area contributed by atoms with E-state index < -0.39 is 0 Å². The summed E-state index contributed by atoms with van der Waals surface area (Å²) >= 11 is 3.74. The molecule has 0 aromatic heterocycles. The second-order valence-corrected chi connectivity index (χ2v) is 6.27. The van der Waals surface area contributed by atoms with Gasteiger partial charge in [0, 0.05) is 5.33 Å². The Bertz CT molecular complexity index is 159. The standard InChI is InChI=1S/C15H29Br/c1-2-3-4-5-6-7-8-11-15(14-16)12-9-10-13-15/h2-14H2,1H3. The smallest absolute Gasteiger partial charge is 0.00879 e. The monoisotopic (exact) mass is 288 g/mol. The summed E-state index contributed by atoms with van der Waals surface area (Å²) in [7, 11) is 0. The minimum Gasteiger partial charge on any atom is -0.0922 e. The molecular formula is C15H29Br. The maximum atomic E-state index is 3.74. The van der Waals surface area contributed by atoms with Crippen LogP contribution < -0.4 is 0 Å². The van der Waals surface area contributed by atoms with Crippen LogP contribution in [0.3, 0.4) is 0 Å². The molecule has 0 aromatic rings. The lowest BCUT2D eigenvalue weighted by Gasteiger charge is -2.26. The van der Waals surface area contributed by atoms with Crippen molar-refractivity contribution in [3.05, 3.63) is 0 Å². The predicted octanol–water partition coefficient (Wildman–Crippen LogP) is 6.08. The number of hydrogen-bond donors (Lipinski definition) is 0. The molecule has 1 aliphatic carbocycles. The number of hydrogen-bond acceptors (Lipinski definition) is 0. The molecule has 0 aliphatic heterocycles. The molecule has 0 N–H and O–H groups in total. The summed E-state index contributed by atoms with van der Waals surface area (Å²) in [6.45, 7) is 2.29. The largest absolute Gasteiger partial charge is 0.0922 e. The maximum absolute atomic E-state index is 3.74. The van der Waals surface area contributed by atoms with Crippen molar-refractivity contribution in [1.29, 1.82) is 0 Å². The van der Waals surface area contributed by atoms with E-state index in [-0.39, 0.29) is 0 Å². The zero-order valence-corrected chi connectivity index (χ0v) is 12.7. The first-order valence-corrected chi connectivity index (χ1v) is 8.51. The summed E-state index contributed by atoms with van der Waals surface area (Å²) < 4.78 is 0. The molecule has 1 rings (SSSR count). The molecule has 1 heteroatoms. The number of alkyl halides is 1. The molecule has 0 nitrogen and oxygen atoms in total. The Kier molecular flexibility index (Phi) is 7.77. The molecule has 1 saturated carbocycles. The second kappa shape index (κ2) is 8.55. The summed E-state index contributed by atoms with van der Waals surface area (Å²) in [6.07, 6.45) is 17.5. The third-order valence-corrected chi connectivity index (χ3v) is 5.45. The minimum absolute atomic E-state index is 0.698. The van der Waals surface area contributed by atoms with Gasteiger partial charge in [-0.1, -0.05) is 80.6 Å². The quantitative estimate of drug-likeness (QED) is 0.356. The molecule has 0 heterocycles. The molecule has 1 aliphatic rings. The molecule has 16 heavy (non-hydrogen) atoms. The molecule has 0 bridgehead atoms. The maximum Gasteiger partial charge on any atom is 0.00879 e. The van der Waals surface area contributed by atoms with Gasteiger partial charge in [0.1, 0.15) is 0 Å². The first kappa shape index (κ1) is 14.5. The van der Waals surface area contributed by atoms with E-state index in [1.165, 1.54) is 82.4 Å². The number of halogens is 1. The molecule has 0 radical (unpaired) electrons. The normalized spacial score (nSPS) is 19.1. The molecule has 1 fully saturated rings. The van der Waals surface area contributed by atoms with Crippen LogP contribution in [-0.4, -0.2) is 5.33 Å². The summed E-state index contributed by atoms with van der Waals surface area (Å²) in [5.74, 6) is 0. The summed E-state index contributed by atoms with van der Waals surface area (Å²) in [5.41, 5.74) is 0.698. The summed E-state index contributed by atoms with van der Waals surface area (Å²) in [4.78, 5) is 0. The van der Waals surface area contributed by atoms with E-state index in [9.17, 15) is 0 Å². The van der Waals surface area contributed by atoms with Gasteiger partial charge in [0.25, 0.3) is 0 Å². The SMILES string of the molecule is CCCCCCCCCC1(CBr)CCCC1. The highest BCUT2D eigenvalue weighted by molar-refractivity contribution is 9.09. The fourth-order valence-corrected chi connectivity index (χ4v) is 3.87. The van der Waals surface area contributed by atoms with E-state index in [0.29, 0.717) is 5.41 Å². The van der Waals surface area contributed by atoms with Crippen molar-refractivity contribution >= 4 is 15.9 Å². The van der Waals surface area contributed by atoms with Crippen LogP contribution in [0.5, 0.6) is 0 Å². The van der Waals surface area contributed by atoms with Crippen molar-refractivity contribution in [2.45, 2.75) is 84.0 Å². The van der Waals surface area contributed by atoms with Gasteiger partial charge in [-0.05, 0) is 24.7 Å². The van der Waals surface area contributed by atoms with Gasteiger partial charge in [0.15, 0.2) is 0 Å². The van der Waals surface area contributed by atoms with E-state index in [2.05, 4.69) is 22.9 Å². The Morgan fingerprint density at radius 1 is 0.875 bits per heavy atom. The van der Waals surface area contributed by atoms with Crippen molar-refractivity contribution in [1.82, 2.24) is 0 Å². The zero-order valence-electron chi connectivity index (χ0n) is 11.1. The van der Waals surface area contributed by atoms with Crippen LogP contribution in [0.4, 0.5) is 0 Å². The second-order valence-electron chi connectivity index (χ2n) is 5.71. The van der Waals surface area contributed by atoms with Crippen LogP contribution in [0.2, 0.25) is 0 Å². The molecule has 0 atom stereocenters. The molecule has 0 aromatic carbocycles. The van der Waals surface area contributed by atoms with Crippen LogP contribution in [0.1, 0.15) is 84.0 Å². The topological polar surface area (TPSA) is 0 Å². The predicted molar refractivity (Wildman–Crippen MR) is 77.3 cm³/mol. The minimum atomic E-state index is 0.698. The van der Waals surface area contributed by atoms with Crippen LogP contribution in [0.15, 0.2) is 0 Å². The van der Waals surface area contributed by atoms with Gasteiger partial charge in [-0.25, -0.2) is 0 Å². The van der Waals surface area contributed by atoms with Gasteiger partial charge < -0.3 is 0 Å². The fourth-order valence-electron chi connectivity index (χ4n) is 3.03. The summed E-state index contributed by atoms with van der Waals surface area (Å²) in [6, 6.07) is 0. The van der Waals surface area contributed by atoms with Crippen LogP contribution in [0.25, 0.3) is 0 Å². The lowest BCUT2D eigenvalue weighted by atomic mass is 9.83. The Morgan fingerprint density at radius 3 is 2.00 bits per heavy atom. The molecular weight excluding hydrogens is 260 g/mol. The van der Waals surface area contributed by atoms with Crippen LogP contribution in [-0.2, 0) is 0 Å². The number of rotatable bonds is 9. The van der Waals surface area contributed by atoms with Gasteiger partial charge in [-0.2, -0.15) is 0 Å². The molecule has 0 spiro atoms. The van der Waals surface area contributed by atoms with E-state index in [1.54, 1.807) is 0 Å². The van der Waals surface area contributed by atoms with Crippen molar-refractivity contribution < 1.29 is 0 Å². The first-order valence-electron chi connectivity index (χ1n) is 7.39. The van der Waals surface area contributed by atoms with E-state index in [0.717, 1.165) is 0 Å². The Balaban J connectivity index is 1.97. The van der Waals surface area contributed by atoms with Crippen molar-refractivity contribution in [2.24, 2.45) is 5.41 Å². The Labute approximate surface area is 111 Å². The van der Waals surface area contributed by atoms with E-state index in [1.807, 2.05) is 0 Å². The van der Waals surface area contributed by atoms with Crippen molar-refractivity contribution in [2.75, 3.05) is 5.33 Å². The average Bonchev–Trinajstić information content (AvgIpc) is 2.77. The van der Waals surface area contributed by atoms with Gasteiger partial charge >= 0.3 is 0 Å². The van der Waals surface area contributed by atoms with Crippen LogP contribution in [0, 0.1) is 5.41 Å². The third kappa shape index (κ3) is 5.21. The highest BCUT2D eigenvalue weighted by Gasteiger charge is 2.31. The summed E-state index contributed by atoms with van der Waals surface area (Å²) in [5, 5.41) is 1.25. The van der Waals surface area contributed by atoms with Gasteiger partial charge in [-0.3, -0.25) is 0 Å². The Hall–Kier alpha value is 0.480. The highest BCUT2D eigenvalue weighted by atomic mass is 79.9. The molecule has 0 saturated heterocycles. The van der Waals surface area contributed by atoms with E-state index in [4.69, 9.17) is 0 Å². The van der Waals surface area contributed by atoms with Gasteiger partial charge in [0.2, 0.25) is 0 Å². The zero-order chi connectivity index (χ0) is 11.7. The van der Waals surface area contributed by atoms with Crippen LogP contribution >= 0.6 is 15.9 Å². The lowest BCUT2D eigenvalue weighted by Crippen LogP contribution is -2.17. The number of unbranched alkanes of at least 4 members (excludes halogenated alkanes) is 6. The fraction of sp³-hybridized carbons (Fsp3) is 1.00. The molecule has 0 unspecified atom stereocenters. The van der Waals surface area contributed by atoms with Gasteiger partial charge in [0.05, 0.1) is 0 Å².